The Balaban J connectivity index is 2.89. The molecule has 0 aromatic heterocycles. The zero-order valence-corrected chi connectivity index (χ0v) is 8.96. The quantitative estimate of drug-likeness (QED) is 0.655. The molecule has 1 aromatic carbocycles. The lowest BCUT2D eigenvalue weighted by Gasteiger charge is -2.19. The SMILES string of the molecule is C#CCN(C)c1ccccc1CCC. The summed E-state index contributed by atoms with van der Waals surface area (Å²) in [6.45, 7) is 2.86. The van der Waals surface area contributed by atoms with Gasteiger partial charge in [-0.1, -0.05) is 37.5 Å². The number of hydrogen-bond donors (Lipinski definition) is 0. The fourth-order valence-electron chi connectivity index (χ4n) is 1.59. The lowest BCUT2D eigenvalue weighted by atomic mass is 10.1. The maximum Gasteiger partial charge on any atom is 0.0788 e. The highest BCUT2D eigenvalue weighted by Gasteiger charge is 2.03. The van der Waals surface area contributed by atoms with Gasteiger partial charge in [-0.2, -0.15) is 0 Å². The Hall–Kier alpha value is -1.42. The van der Waals surface area contributed by atoms with Gasteiger partial charge < -0.3 is 4.90 Å². The van der Waals surface area contributed by atoms with Gasteiger partial charge in [-0.15, -0.1) is 6.42 Å². The minimum atomic E-state index is 0.667. The molecule has 0 unspecified atom stereocenters. The third kappa shape index (κ3) is 2.53. The van der Waals surface area contributed by atoms with E-state index in [1.54, 1.807) is 0 Å². The summed E-state index contributed by atoms with van der Waals surface area (Å²) < 4.78 is 0. The van der Waals surface area contributed by atoms with Gasteiger partial charge in [0.25, 0.3) is 0 Å². The van der Waals surface area contributed by atoms with Crippen molar-refractivity contribution in [1.82, 2.24) is 0 Å². The zero-order valence-electron chi connectivity index (χ0n) is 8.96. The summed E-state index contributed by atoms with van der Waals surface area (Å²) in [7, 11) is 2.04. The molecule has 0 amide bonds. The number of anilines is 1. The lowest BCUT2D eigenvalue weighted by molar-refractivity contribution is 0.906. The van der Waals surface area contributed by atoms with Crippen LogP contribution in [0.4, 0.5) is 5.69 Å². The molecule has 0 aliphatic carbocycles. The molecule has 0 spiro atoms. The first-order valence-corrected chi connectivity index (χ1v) is 5.02. The predicted octanol–water partition coefficient (Wildman–Crippen LogP) is 2.71. The van der Waals surface area contributed by atoms with Crippen molar-refractivity contribution in [2.45, 2.75) is 19.8 Å². The van der Waals surface area contributed by atoms with Gasteiger partial charge in [0, 0.05) is 12.7 Å². The Morgan fingerprint density at radius 1 is 1.36 bits per heavy atom. The number of nitrogens with zero attached hydrogens (tertiary/aromatic N) is 1. The van der Waals surface area contributed by atoms with Crippen molar-refractivity contribution >= 4 is 5.69 Å². The average molecular weight is 187 g/mol. The highest BCUT2D eigenvalue weighted by Crippen LogP contribution is 2.19. The van der Waals surface area contributed by atoms with Crippen molar-refractivity contribution < 1.29 is 0 Å². The Labute approximate surface area is 86.7 Å². The van der Waals surface area contributed by atoms with E-state index in [0.29, 0.717) is 6.54 Å². The third-order valence-corrected chi connectivity index (χ3v) is 2.25. The summed E-state index contributed by atoms with van der Waals surface area (Å²) in [5.41, 5.74) is 2.64. The number of rotatable bonds is 4. The van der Waals surface area contributed by atoms with Crippen molar-refractivity contribution in [2.75, 3.05) is 18.5 Å². The second-order valence-electron chi connectivity index (χ2n) is 3.44. The highest BCUT2D eigenvalue weighted by molar-refractivity contribution is 5.53. The largest absolute Gasteiger partial charge is 0.363 e. The Morgan fingerprint density at radius 2 is 2.07 bits per heavy atom. The second-order valence-corrected chi connectivity index (χ2v) is 3.44. The van der Waals surface area contributed by atoms with Crippen LogP contribution < -0.4 is 4.90 Å². The Kier molecular flexibility index (Phi) is 4.07. The summed E-state index contributed by atoms with van der Waals surface area (Å²) >= 11 is 0. The molecule has 0 atom stereocenters. The molecule has 1 heteroatoms. The average Bonchev–Trinajstić information content (AvgIpc) is 2.19. The minimum absolute atomic E-state index is 0.667. The first-order valence-electron chi connectivity index (χ1n) is 5.02. The molecular formula is C13H17N. The molecule has 0 N–H and O–H groups in total. The second kappa shape index (κ2) is 5.34. The van der Waals surface area contributed by atoms with E-state index in [-0.39, 0.29) is 0 Å². The fraction of sp³-hybridized carbons (Fsp3) is 0.385. The molecule has 0 saturated heterocycles. The Bertz CT molecular complexity index is 322. The molecular weight excluding hydrogens is 170 g/mol. The van der Waals surface area contributed by atoms with Crippen LogP contribution in [-0.4, -0.2) is 13.6 Å². The number of aryl methyl sites for hydroxylation is 1. The van der Waals surface area contributed by atoms with E-state index in [1.165, 1.54) is 17.7 Å². The molecule has 74 valence electrons. The number of hydrogen-bond acceptors (Lipinski definition) is 1. The van der Waals surface area contributed by atoms with Crippen molar-refractivity contribution in [3.05, 3.63) is 29.8 Å². The van der Waals surface area contributed by atoms with E-state index in [1.807, 2.05) is 7.05 Å². The van der Waals surface area contributed by atoms with Crippen LogP contribution in [0.15, 0.2) is 24.3 Å². The topological polar surface area (TPSA) is 3.24 Å². The molecule has 0 saturated carbocycles. The van der Waals surface area contributed by atoms with Gasteiger partial charge in [0.05, 0.1) is 6.54 Å². The van der Waals surface area contributed by atoms with Crippen LogP contribution in [-0.2, 0) is 6.42 Å². The number of terminal acetylenes is 1. The van der Waals surface area contributed by atoms with Crippen LogP contribution in [0.1, 0.15) is 18.9 Å². The standard InChI is InChI=1S/C13H17N/c1-4-8-12-9-6-7-10-13(12)14(3)11-5-2/h2,6-7,9-10H,4,8,11H2,1,3H3. The van der Waals surface area contributed by atoms with E-state index in [2.05, 4.69) is 42.0 Å². The maximum atomic E-state index is 5.30. The summed E-state index contributed by atoms with van der Waals surface area (Å²) in [5, 5.41) is 0. The molecule has 1 rings (SSSR count). The predicted molar refractivity (Wildman–Crippen MR) is 62.5 cm³/mol. The third-order valence-electron chi connectivity index (χ3n) is 2.25. The molecule has 14 heavy (non-hydrogen) atoms. The number of benzene rings is 1. The van der Waals surface area contributed by atoms with Crippen LogP contribution >= 0.6 is 0 Å². The van der Waals surface area contributed by atoms with Gasteiger partial charge in [-0.3, -0.25) is 0 Å². The monoisotopic (exact) mass is 187 g/mol. The van der Waals surface area contributed by atoms with Crippen LogP contribution in [0.5, 0.6) is 0 Å². The van der Waals surface area contributed by atoms with E-state index >= 15 is 0 Å². The van der Waals surface area contributed by atoms with E-state index in [9.17, 15) is 0 Å². The van der Waals surface area contributed by atoms with Crippen LogP contribution in [0.2, 0.25) is 0 Å². The molecule has 0 fully saturated rings. The van der Waals surface area contributed by atoms with Crippen molar-refractivity contribution in [2.24, 2.45) is 0 Å². The van der Waals surface area contributed by atoms with E-state index in [4.69, 9.17) is 6.42 Å². The zero-order chi connectivity index (χ0) is 10.4. The van der Waals surface area contributed by atoms with Gasteiger partial charge in [0.2, 0.25) is 0 Å². The summed E-state index contributed by atoms with van der Waals surface area (Å²) in [6, 6.07) is 8.44. The normalized spacial score (nSPS) is 9.50. The molecule has 1 aromatic rings. The molecule has 0 radical (unpaired) electrons. The van der Waals surface area contributed by atoms with Gasteiger partial charge in [0.1, 0.15) is 0 Å². The summed E-state index contributed by atoms with van der Waals surface area (Å²) in [5.74, 6) is 2.66. The van der Waals surface area contributed by atoms with E-state index in [0.717, 1.165) is 6.42 Å². The Morgan fingerprint density at radius 3 is 2.71 bits per heavy atom. The fourth-order valence-corrected chi connectivity index (χ4v) is 1.59. The van der Waals surface area contributed by atoms with Gasteiger partial charge in [-0.25, -0.2) is 0 Å². The molecule has 0 heterocycles. The number of para-hydroxylation sites is 1. The summed E-state index contributed by atoms with van der Waals surface area (Å²) in [6.07, 6.45) is 7.58. The first kappa shape index (κ1) is 10.7. The van der Waals surface area contributed by atoms with Crippen LogP contribution in [0, 0.1) is 12.3 Å². The smallest absolute Gasteiger partial charge is 0.0788 e. The van der Waals surface area contributed by atoms with Gasteiger partial charge in [0.15, 0.2) is 0 Å². The van der Waals surface area contributed by atoms with Gasteiger partial charge in [-0.05, 0) is 18.1 Å². The molecule has 1 nitrogen and oxygen atoms in total. The lowest BCUT2D eigenvalue weighted by Crippen LogP contribution is -2.18. The highest BCUT2D eigenvalue weighted by atomic mass is 15.1. The van der Waals surface area contributed by atoms with Gasteiger partial charge >= 0.3 is 0 Å². The van der Waals surface area contributed by atoms with Crippen LogP contribution in [0.25, 0.3) is 0 Å². The summed E-state index contributed by atoms with van der Waals surface area (Å²) in [4.78, 5) is 2.12. The first-order chi connectivity index (χ1) is 6.79. The molecule has 0 bridgehead atoms. The minimum Gasteiger partial charge on any atom is -0.363 e. The van der Waals surface area contributed by atoms with E-state index < -0.39 is 0 Å². The van der Waals surface area contributed by atoms with Crippen molar-refractivity contribution in [1.29, 1.82) is 0 Å². The maximum absolute atomic E-state index is 5.30. The van der Waals surface area contributed by atoms with Crippen LogP contribution in [0.3, 0.4) is 0 Å². The van der Waals surface area contributed by atoms with Crippen molar-refractivity contribution in [3.8, 4) is 12.3 Å². The molecule has 0 aliphatic rings. The molecule has 0 aliphatic heterocycles. The van der Waals surface area contributed by atoms with Crippen molar-refractivity contribution in [3.63, 3.8) is 0 Å².